The van der Waals surface area contributed by atoms with Gasteiger partial charge < -0.3 is 15.2 Å². The second-order valence-corrected chi connectivity index (χ2v) is 6.43. The monoisotopic (exact) mass is 318 g/mol. The highest BCUT2D eigenvalue weighted by Gasteiger charge is 2.29. The zero-order valence-electron chi connectivity index (χ0n) is 13.7. The van der Waals surface area contributed by atoms with Crippen molar-refractivity contribution in [3.05, 3.63) is 29.7 Å². The van der Waals surface area contributed by atoms with E-state index in [9.17, 15) is 4.79 Å². The lowest BCUT2D eigenvalue weighted by Crippen LogP contribution is -2.41. The van der Waals surface area contributed by atoms with E-state index in [1.54, 1.807) is 19.3 Å². The van der Waals surface area contributed by atoms with Crippen molar-refractivity contribution in [2.45, 2.75) is 45.2 Å². The number of carbonyl (C=O) groups is 1. The molecule has 0 bridgehead atoms. The molecule has 2 N–H and O–H groups in total. The topological polar surface area (TPSA) is 97.9 Å². The molecule has 124 valence electrons. The highest BCUT2D eigenvalue weighted by molar-refractivity contribution is 5.94. The quantitative estimate of drug-likeness (QED) is 0.878. The van der Waals surface area contributed by atoms with Crippen LogP contribution < -0.4 is 10.6 Å². The van der Waals surface area contributed by atoms with E-state index in [-0.39, 0.29) is 5.91 Å². The molecular weight excluding hydrogens is 296 g/mol. The summed E-state index contributed by atoms with van der Waals surface area (Å²) in [5.74, 6) is 0.722. The molecule has 1 aliphatic rings. The van der Waals surface area contributed by atoms with E-state index >= 15 is 0 Å². The number of aryl methyl sites for hydroxylation is 1. The van der Waals surface area contributed by atoms with Gasteiger partial charge in [0.25, 0.3) is 5.91 Å². The number of piperidine rings is 1. The Balaban J connectivity index is 1.69. The fourth-order valence-electron chi connectivity index (χ4n) is 2.68. The van der Waals surface area contributed by atoms with Crippen LogP contribution in [0.1, 0.15) is 54.8 Å². The molecule has 1 unspecified atom stereocenters. The van der Waals surface area contributed by atoms with Crippen LogP contribution in [0.15, 0.2) is 16.9 Å². The first kappa shape index (κ1) is 15.7. The molecule has 2 aromatic heterocycles. The van der Waals surface area contributed by atoms with E-state index in [0.29, 0.717) is 23.3 Å². The molecule has 23 heavy (non-hydrogen) atoms. The largest absolute Gasteiger partial charge is 0.340 e. The van der Waals surface area contributed by atoms with Gasteiger partial charge >= 0.3 is 0 Å². The first-order valence-electron chi connectivity index (χ1n) is 7.84. The van der Waals surface area contributed by atoms with Gasteiger partial charge in [0.2, 0.25) is 5.89 Å². The standard InChI is InChI=1S/C15H22N6O2/c1-10-18-14(20-23-10)15(2,3)19-13(22)11-7-17-21(9-11)12-5-4-6-16-8-12/h7,9,12,16H,4-6,8H2,1-3H3,(H,19,22). The van der Waals surface area contributed by atoms with Gasteiger partial charge in [0.1, 0.15) is 0 Å². The molecular formula is C15H22N6O2. The predicted octanol–water partition coefficient (Wildman–Crippen LogP) is 1.16. The fraction of sp³-hybridized carbons (Fsp3) is 0.600. The lowest BCUT2D eigenvalue weighted by atomic mass is 10.0. The van der Waals surface area contributed by atoms with Gasteiger partial charge in [-0.15, -0.1) is 0 Å². The van der Waals surface area contributed by atoms with Gasteiger partial charge in [-0.1, -0.05) is 5.16 Å². The van der Waals surface area contributed by atoms with E-state index in [1.807, 2.05) is 18.5 Å². The third-order valence-corrected chi connectivity index (χ3v) is 4.02. The molecule has 0 spiro atoms. The van der Waals surface area contributed by atoms with Crippen LogP contribution in [-0.4, -0.2) is 38.9 Å². The number of aromatic nitrogens is 4. The van der Waals surface area contributed by atoms with Crippen molar-refractivity contribution >= 4 is 5.91 Å². The number of hydrogen-bond donors (Lipinski definition) is 2. The zero-order chi connectivity index (χ0) is 16.4. The second-order valence-electron chi connectivity index (χ2n) is 6.43. The Morgan fingerprint density at radius 1 is 1.52 bits per heavy atom. The molecule has 1 aliphatic heterocycles. The molecule has 8 nitrogen and oxygen atoms in total. The van der Waals surface area contributed by atoms with Crippen molar-refractivity contribution in [2.24, 2.45) is 0 Å². The summed E-state index contributed by atoms with van der Waals surface area (Å²) in [5, 5.41) is 14.5. The van der Waals surface area contributed by atoms with Crippen LogP contribution in [0.5, 0.6) is 0 Å². The highest BCUT2D eigenvalue weighted by atomic mass is 16.5. The number of amides is 1. The van der Waals surface area contributed by atoms with E-state index in [1.165, 1.54) is 0 Å². The SMILES string of the molecule is Cc1nc(C(C)(C)NC(=O)c2cnn(C3CCCNC3)c2)no1. The number of nitrogens with one attached hydrogen (secondary N) is 2. The van der Waals surface area contributed by atoms with Crippen LogP contribution in [0.25, 0.3) is 0 Å². The Morgan fingerprint density at radius 2 is 2.35 bits per heavy atom. The number of carbonyl (C=O) groups excluding carboxylic acids is 1. The first-order valence-corrected chi connectivity index (χ1v) is 7.84. The van der Waals surface area contributed by atoms with Crippen LogP contribution in [-0.2, 0) is 5.54 Å². The smallest absolute Gasteiger partial charge is 0.255 e. The molecule has 0 radical (unpaired) electrons. The minimum absolute atomic E-state index is 0.201. The van der Waals surface area contributed by atoms with Crippen molar-refractivity contribution in [3.8, 4) is 0 Å². The van der Waals surface area contributed by atoms with Crippen LogP contribution >= 0.6 is 0 Å². The second kappa shape index (κ2) is 6.11. The average Bonchev–Trinajstić information content (AvgIpc) is 3.17. The van der Waals surface area contributed by atoms with Crippen molar-refractivity contribution in [2.75, 3.05) is 13.1 Å². The normalized spacial score (nSPS) is 18.8. The summed E-state index contributed by atoms with van der Waals surface area (Å²) in [6.07, 6.45) is 5.59. The molecule has 1 atom stereocenters. The lowest BCUT2D eigenvalue weighted by molar-refractivity contribution is 0.0907. The van der Waals surface area contributed by atoms with Crippen molar-refractivity contribution in [1.29, 1.82) is 0 Å². The van der Waals surface area contributed by atoms with E-state index in [4.69, 9.17) is 4.52 Å². The summed E-state index contributed by atoms with van der Waals surface area (Å²) in [6.45, 7) is 7.33. The molecule has 1 fully saturated rings. The maximum absolute atomic E-state index is 12.5. The van der Waals surface area contributed by atoms with Crippen molar-refractivity contribution in [3.63, 3.8) is 0 Å². The lowest BCUT2D eigenvalue weighted by Gasteiger charge is -2.23. The Bertz CT molecular complexity index is 684. The highest BCUT2D eigenvalue weighted by Crippen LogP contribution is 2.19. The van der Waals surface area contributed by atoms with Crippen LogP contribution in [0, 0.1) is 6.92 Å². The van der Waals surface area contributed by atoms with Crippen LogP contribution in [0.4, 0.5) is 0 Å². The molecule has 0 aromatic carbocycles. The summed E-state index contributed by atoms with van der Waals surface area (Å²) >= 11 is 0. The van der Waals surface area contributed by atoms with Gasteiger partial charge in [-0.2, -0.15) is 10.1 Å². The van der Waals surface area contributed by atoms with Gasteiger partial charge in [0, 0.05) is 19.7 Å². The van der Waals surface area contributed by atoms with Crippen LogP contribution in [0.2, 0.25) is 0 Å². The van der Waals surface area contributed by atoms with Crippen LogP contribution in [0.3, 0.4) is 0 Å². The Labute approximate surface area is 134 Å². The zero-order valence-corrected chi connectivity index (χ0v) is 13.7. The molecule has 1 amide bonds. The van der Waals surface area contributed by atoms with Gasteiger partial charge in [0.05, 0.1) is 23.3 Å². The summed E-state index contributed by atoms with van der Waals surface area (Å²) in [4.78, 5) is 16.7. The molecule has 3 rings (SSSR count). The molecule has 8 heteroatoms. The molecule has 1 saturated heterocycles. The number of hydrogen-bond acceptors (Lipinski definition) is 6. The fourth-order valence-corrected chi connectivity index (χ4v) is 2.68. The van der Waals surface area contributed by atoms with Crippen molar-refractivity contribution in [1.82, 2.24) is 30.6 Å². The maximum Gasteiger partial charge on any atom is 0.255 e. The Kier molecular flexibility index (Phi) is 4.16. The minimum atomic E-state index is -0.719. The van der Waals surface area contributed by atoms with Gasteiger partial charge in [-0.3, -0.25) is 9.48 Å². The minimum Gasteiger partial charge on any atom is -0.340 e. The molecule has 2 aromatic rings. The third-order valence-electron chi connectivity index (χ3n) is 4.02. The molecule has 0 aliphatic carbocycles. The van der Waals surface area contributed by atoms with Gasteiger partial charge in [-0.05, 0) is 33.2 Å². The third kappa shape index (κ3) is 3.42. The van der Waals surface area contributed by atoms with E-state index in [2.05, 4.69) is 25.9 Å². The van der Waals surface area contributed by atoms with E-state index in [0.717, 1.165) is 25.9 Å². The summed E-state index contributed by atoms with van der Waals surface area (Å²) in [5.41, 5.74) is -0.188. The first-order chi connectivity index (χ1) is 11.0. The predicted molar refractivity (Wildman–Crippen MR) is 82.9 cm³/mol. The number of nitrogens with zero attached hydrogens (tertiary/aromatic N) is 4. The molecule has 3 heterocycles. The van der Waals surface area contributed by atoms with E-state index < -0.39 is 5.54 Å². The Hall–Kier alpha value is -2.22. The average molecular weight is 318 g/mol. The summed E-state index contributed by atoms with van der Waals surface area (Å²) < 4.78 is 6.85. The Morgan fingerprint density at radius 3 is 3.00 bits per heavy atom. The maximum atomic E-state index is 12.5. The van der Waals surface area contributed by atoms with Crippen molar-refractivity contribution < 1.29 is 9.32 Å². The molecule has 0 saturated carbocycles. The van der Waals surface area contributed by atoms with Gasteiger partial charge in [-0.25, -0.2) is 0 Å². The summed E-state index contributed by atoms with van der Waals surface area (Å²) in [7, 11) is 0. The summed E-state index contributed by atoms with van der Waals surface area (Å²) in [6, 6.07) is 0.304. The number of rotatable bonds is 4. The van der Waals surface area contributed by atoms with Gasteiger partial charge in [0.15, 0.2) is 5.82 Å².